The van der Waals surface area contributed by atoms with Crippen LogP contribution in [0.1, 0.15) is 51.0 Å². The van der Waals surface area contributed by atoms with Crippen molar-refractivity contribution in [3.8, 4) is 0 Å². The van der Waals surface area contributed by atoms with Gasteiger partial charge in [-0.25, -0.2) is 9.97 Å². The maximum atomic E-state index is 10.3. The minimum atomic E-state index is -0.480. The standard InChI is InChI=1S/C13H20N2O/c1-2-10-6-3-4-7-11(10)12(16)13-14-8-5-9-15-13/h5,8-12,16H,2-4,6-7H2,1H3. The molecule has 0 amide bonds. The molecule has 3 unspecified atom stereocenters. The molecule has 1 N–H and O–H groups in total. The van der Waals surface area contributed by atoms with Crippen molar-refractivity contribution in [2.24, 2.45) is 11.8 Å². The van der Waals surface area contributed by atoms with Gasteiger partial charge in [-0.3, -0.25) is 0 Å². The molecule has 1 aliphatic rings. The van der Waals surface area contributed by atoms with Gasteiger partial charge >= 0.3 is 0 Å². The Kier molecular flexibility index (Phi) is 3.88. The molecule has 1 aromatic heterocycles. The van der Waals surface area contributed by atoms with Crippen molar-refractivity contribution in [1.29, 1.82) is 0 Å². The molecule has 1 aliphatic carbocycles. The van der Waals surface area contributed by atoms with Gasteiger partial charge in [-0.1, -0.05) is 32.6 Å². The average Bonchev–Trinajstić information content (AvgIpc) is 2.39. The normalized spacial score (nSPS) is 27.6. The first-order valence-electron chi connectivity index (χ1n) is 6.28. The molecule has 1 fully saturated rings. The number of aliphatic hydroxyl groups excluding tert-OH is 1. The van der Waals surface area contributed by atoms with Gasteiger partial charge in [0.1, 0.15) is 6.10 Å². The van der Waals surface area contributed by atoms with E-state index in [2.05, 4.69) is 16.9 Å². The van der Waals surface area contributed by atoms with Crippen LogP contribution in [0.3, 0.4) is 0 Å². The van der Waals surface area contributed by atoms with Crippen molar-refractivity contribution in [2.45, 2.75) is 45.1 Å². The van der Waals surface area contributed by atoms with E-state index < -0.39 is 6.10 Å². The predicted molar refractivity (Wildman–Crippen MR) is 62.7 cm³/mol. The fraction of sp³-hybridized carbons (Fsp3) is 0.692. The summed E-state index contributed by atoms with van der Waals surface area (Å²) in [5.74, 6) is 1.57. The predicted octanol–water partition coefficient (Wildman–Crippen LogP) is 2.73. The second kappa shape index (κ2) is 5.39. The zero-order valence-corrected chi connectivity index (χ0v) is 9.84. The number of hydrogen-bond donors (Lipinski definition) is 1. The summed E-state index contributed by atoms with van der Waals surface area (Å²) in [7, 11) is 0. The van der Waals surface area contributed by atoms with E-state index >= 15 is 0 Å². The fourth-order valence-corrected chi connectivity index (χ4v) is 2.81. The van der Waals surface area contributed by atoms with Crippen LogP contribution in [0, 0.1) is 11.8 Å². The van der Waals surface area contributed by atoms with Crippen LogP contribution >= 0.6 is 0 Å². The lowest BCUT2D eigenvalue weighted by Gasteiger charge is -2.33. The summed E-state index contributed by atoms with van der Waals surface area (Å²) in [6.45, 7) is 2.21. The number of nitrogens with zero attached hydrogens (tertiary/aromatic N) is 2. The molecule has 16 heavy (non-hydrogen) atoms. The summed E-state index contributed by atoms with van der Waals surface area (Å²) in [6.07, 6.45) is 8.96. The van der Waals surface area contributed by atoms with Gasteiger partial charge < -0.3 is 5.11 Å². The van der Waals surface area contributed by atoms with Gasteiger partial charge in [0.25, 0.3) is 0 Å². The Bertz CT molecular complexity index is 315. The Morgan fingerprint density at radius 1 is 1.31 bits per heavy atom. The third kappa shape index (κ3) is 2.40. The van der Waals surface area contributed by atoms with Crippen molar-refractivity contribution >= 4 is 0 Å². The summed E-state index contributed by atoms with van der Waals surface area (Å²) in [4.78, 5) is 8.32. The van der Waals surface area contributed by atoms with Gasteiger partial charge in [0.05, 0.1) is 0 Å². The molecule has 0 radical (unpaired) electrons. The quantitative estimate of drug-likeness (QED) is 0.852. The van der Waals surface area contributed by atoms with Gasteiger partial charge in [0, 0.05) is 12.4 Å². The van der Waals surface area contributed by atoms with E-state index in [0.29, 0.717) is 17.7 Å². The van der Waals surface area contributed by atoms with Crippen LogP contribution in [0.2, 0.25) is 0 Å². The lowest BCUT2D eigenvalue weighted by molar-refractivity contribution is 0.0389. The smallest absolute Gasteiger partial charge is 0.157 e. The molecule has 0 saturated heterocycles. The molecule has 0 aromatic carbocycles. The van der Waals surface area contributed by atoms with E-state index in [0.717, 1.165) is 12.8 Å². The SMILES string of the molecule is CCC1CCCCC1C(O)c1ncccn1. The van der Waals surface area contributed by atoms with E-state index in [1.807, 2.05) is 0 Å². The van der Waals surface area contributed by atoms with Gasteiger partial charge in [-0.2, -0.15) is 0 Å². The summed E-state index contributed by atoms with van der Waals surface area (Å²) < 4.78 is 0. The Labute approximate surface area is 96.9 Å². The molecule has 0 aliphatic heterocycles. The third-order valence-corrected chi connectivity index (χ3v) is 3.75. The number of rotatable bonds is 3. The Hall–Kier alpha value is -0.960. The molecular weight excluding hydrogens is 200 g/mol. The van der Waals surface area contributed by atoms with Crippen LogP contribution in [0.25, 0.3) is 0 Å². The van der Waals surface area contributed by atoms with Crippen molar-refractivity contribution in [2.75, 3.05) is 0 Å². The minimum Gasteiger partial charge on any atom is -0.385 e. The maximum absolute atomic E-state index is 10.3. The zero-order valence-electron chi connectivity index (χ0n) is 9.84. The van der Waals surface area contributed by atoms with E-state index in [-0.39, 0.29) is 0 Å². The molecule has 1 heterocycles. The van der Waals surface area contributed by atoms with Crippen LogP contribution in [0.5, 0.6) is 0 Å². The van der Waals surface area contributed by atoms with Crippen LogP contribution in [-0.4, -0.2) is 15.1 Å². The Balaban J connectivity index is 2.10. The summed E-state index contributed by atoms with van der Waals surface area (Å²) in [5, 5.41) is 10.3. The molecule has 3 heteroatoms. The molecule has 88 valence electrons. The fourth-order valence-electron chi connectivity index (χ4n) is 2.81. The number of hydrogen-bond acceptors (Lipinski definition) is 3. The summed E-state index contributed by atoms with van der Waals surface area (Å²) in [5.41, 5.74) is 0. The van der Waals surface area contributed by atoms with Crippen molar-refractivity contribution in [3.05, 3.63) is 24.3 Å². The molecule has 2 rings (SSSR count). The highest BCUT2D eigenvalue weighted by atomic mass is 16.3. The molecule has 1 aromatic rings. The first-order valence-corrected chi connectivity index (χ1v) is 6.28. The molecular formula is C13H20N2O. The van der Waals surface area contributed by atoms with Crippen LogP contribution in [0.4, 0.5) is 0 Å². The first-order chi connectivity index (χ1) is 7.83. The topological polar surface area (TPSA) is 46.0 Å². The van der Waals surface area contributed by atoms with E-state index in [1.165, 1.54) is 19.3 Å². The second-order valence-electron chi connectivity index (χ2n) is 4.67. The Morgan fingerprint density at radius 3 is 2.69 bits per heavy atom. The van der Waals surface area contributed by atoms with Crippen LogP contribution < -0.4 is 0 Å². The maximum Gasteiger partial charge on any atom is 0.157 e. The highest BCUT2D eigenvalue weighted by Crippen LogP contribution is 2.39. The lowest BCUT2D eigenvalue weighted by Crippen LogP contribution is -2.26. The van der Waals surface area contributed by atoms with Gasteiger partial charge in [-0.15, -0.1) is 0 Å². The van der Waals surface area contributed by atoms with E-state index in [1.54, 1.807) is 18.5 Å². The van der Waals surface area contributed by atoms with Crippen molar-refractivity contribution < 1.29 is 5.11 Å². The summed E-state index contributed by atoms with van der Waals surface area (Å²) >= 11 is 0. The number of aliphatic hydroxyl groups is 1. The molecule has 3 nitrogen and oxygen atoms in total. The van der Waals surface area contributed by atoms with E-state index in [9.17, 15) is 5.11 Å². The zero-order chi connectivity index (χ0) is 11.4. The summed E-state index contributed by atoms with van der Waals surface area (Å²) in [6, 6.07) is 1.79. The van der Waals surface area contributed by atoms with Crippen molar-refractivity contribution in [3.63, 3.8) is 0 Å². The lowest BCUT2D eigenvalue weighted by atomic mass is 9.75. The monoisotopic (exact) mass is 220 g/mol. The largest absolute Gasteiger partial charge is 0.385 e. The number of aromatic nitrogens is 2. The van der Waals surface area contributed by atoms with E-state index in [4.69, 9.17) is 0 Å². The third-order valence-electron chi connectivity index (χ3n) is 3.75. The van der Waals surface area contributed by atoms with Crippen LogP contribution in [-0.2, 0) is 0 Å². The molecule has 3 atom stereocenters. The van der Waals surface area contributed by atoms with Gasteiger partial charge in [0.2, 0.25) is 0 Å². The highest BCUT2D eigenvalue weighted by molar-refractivity contribution is 4.96. The van der Waals surface area contributed by atoms with Gasteiger partial charge in [-0.05, 0) is 24.3 Å². The second-order valence-corrected chi connectivity index (χ2v) is 4.67. The average molecular weight is 220 g/mol. The molecule has 0 spiro atoms. The Morgan fingerprint density at radius 2 is 2.00 bits per heavy atom. The van der Waals surface area contributed by atoms with Crippen molar-refractivity contribution in [1.82, 2.24) is 9.97 Å². The first kappa shape index (κ1) is 11.5. The van der Waals surface area contributed by atoms with Crippen LogP contribution in [0.15, 0.2) is 18.5 Å². The van der Waals surface area contributed by atoms with Gasteiger partial charge in [0.15, 0.2) is 5.82 Å². The molecule has 0 bridgehead atoms. The highest BCUT2D eigenvalue weighted by Gasteiger charge is 2.31. The minimum absolute atomic E-state index is 0.348. The molecule has 1 saturated carbocycles.